The minimum absolute atomic E-state index is 0.163. The van der Waals surface area contributed by atoms with Crippen molar-refractivity contribution in [2.75, 3.05) is 5.32 Å². The Bertz CT molecular complexity index is 530. The SMILES string of the molecule is CC(C)CCCC(C)Nc1nn(C)c(=O)n(C)c1=O. The average molecular weight is 268 g/mol. The highest BCUT2D eigenvalue weighted by Gasteiger charge is 2.11. The van der Waals surface area contributed by atoms with Gasteiger partial charge in [0.2, 0.25) is 5.82 Å². The summed E-state index contributed by atoms with van der Waals surface area (Å²) in [7, 11) is 3.00. The van der Waals surface area contributed by atoms with E-state index in [2.05, 4.69) is 24.3 Å². The molecule has 0 aliphatic heterocycles. The van der Waals surface area contributed by atoms with Crippen molar-refractivity contribution in [2.45, 2.75) is 46.1 Å². The summed E-state index contributed by atoms with van der Waals surface area (Å²) in [6, 6.07) is 0.163. The molecular weight excluding hydrogens is 244 g/mol. The van der Waals surface area contributed by atoms with Crippen LogP contribution in [0.2, 0.25) is 0 Å². The molecule has 6 heteroatoms. The lowest BCUT2D eigenvalue weighted by atomic mass is 10.0. The molecule has 0 spiro atoms. The van der Waals surface area contributed by atoms with Gasteiger partial charge >= 0.3 is 5.69 Å². The molecule has 0 radical (unpaired) electrons. The Morgan fingerprint density at radius 2 is 1.79 bits per heavy atom. The highest BCUT2D eigenvalue weighted by atomic mass is 16.2. The van der Waals surface area contributed by atoms with E-state index in [1.54, 1.807) is 0 Å². The zero-order valence-corrected chi connectivity index (χ0v) is 12.4. The van der Waals surface area contributed by atoms with Crippen LogP contribution >= 0.6 is 0 Å². The van der Waals surface area contributed by atoms with Crippen molar-refractivity contribution in [2.24, 2.45) is 20.0 Å². The number of hydrogen-bond donors (Lipinski definition) is 1. The molecule has 1 rings (SSSR count). The molecule has 1 aromatic rings. The normalized spacial score (nSPS) is 12.7. The molecule has 1 N–H and O–H groups in total. The van der Waals surface area contributed by atoms with Crippen molar-refractivity contribution in [1.29, 1.82) is 0 Å². The molecular formula is C13H24N4O2. The van der Waals surface area contributed by atoms with Crippen molar-refractivity contribution in [3.8, 4) is 0 Å². The lowest BCUT2D eigenvalue weighted by Gasteiger charge is -2.15. The molecule has 1 atom stereocenters. The van der Waals surface area contributed by atoms with Crippen molar-refractivity contribution in [3.63, 3.8) is 0 Å². The van der Waals surface area contributed by atoms with E-state index in [0.717, 1.165) is 17.4 Å². The van der Waals surface area contributed by atoms with Gasteiger partial charge in [0.05, 0.1) is 0 Å². The standard InChI is InChI=1S/C13H24N4O2/c1-9(2)7-6-8-10(3)14-11-12(18)16(4)13(19)17(5)15-11/h9-10H,6-8H2,1-5H3,(H,14,15). The number of anilines is 1. The van der Waals surface area contributed by atoms with Gasteiger partial charge in [0.15, 0.2) is 0 Å². The summed E-state index contributed by atoms with van der Waals surface area (Å²) in [5, 5.41) is 7.06. The monoisotopic (exact) mass is 268 g/mol. The molecule has 0 aliphatic carbocycles. The molecule has 0 saturated heterocycles. The number of hydrogen-bond acceptors (Lipinski definition) is 4. The van der Waals surface area contributed by atoms with Gasteiger partial charge in [-0.05, 0) is 19.3 Å². The van der Waals surface area contributed by atoms with Crippen LogP contribution in [0.1, 0.15) is 40.0 Å². The maximum atomic E-state index is 11.9. The fourth-order valence-electron chi connectivity index (χ4n) is 1.93. The smallest absolute Gasteiger partial charge is 0.346 e. The lowest BCUT2D eigenvalue weighted by molar-refractivity contribution is 0.517. The van der Waals surface area contributed by atoms with E-state index in [9.17, 15) is 9.59 Å². The van der Waals surface area contributed by atoms with Gasteiger partial charge in [-0.15, -0.1) is 5.10 Å². The van der Waals surface area contributed by atoms with Crippen LogP contribution in [-0.4, -0.2) is 20.4 Å². The summed E-state index contributed by atoms with van der Waals surface area (Å²) in [5.41, 5.74) is -0.790. The Balaban J connectivity index is 2.72. The number of aryl methyl sites for hydroxylation is 1. The molecule has 0 aromatic carbocycles. The molecule has 1 aromatic heterocycles. The van der Waals surface area contributed by atoms with Gasteiger partial charge < -0.3 is 5.32 Å². The van der Waals surface area contributed by atoms with Gasteiger partial charge in [-0.2, -0.15) is 0 Å². The summed E-state index contributed by atoms with van der Waals surface area (Å²) < 4.78 is 2.24. The highest BCUT2D eigenvalue weighted by molar-refractivity contribution is 5.30. The largest absolute Gasteiger partial charge is 0.362 e. The Morgan fingerprint density at radius 1 is 1.16 bits per heavy atom. The summed E-state index contributed by atoms with van der Waals surface area (Å²) in [4.78, 5) is 23.4. The van der Waals surface area contributed by atoms with Crippen LogP contribution in [0, 0.1) is 5.92 Å². The second-order valence-electron chi connectivity index (χ2n) is 5.49. The van der Waals surface area contributed by atoms with Gasteiger partial charge in [-0.1, -0.05) is 26.7 Å². The van der Waals surface area contributed by atoms with E-state index in [4.69, 9.17) is 0 Å². The minimum Gasteiger partial charge on any atom is -0.362 e. The predicted molar refractivity (Wildman–Crippen MR) is 76.5 cm³/mol. The number of nitrogens with zero attached hydrogens (tertiary/aromatic N) is 3. The first-order valence-electron chi connectivity index (χ1n) is 6.73. The van der Waals surface area contributed by atoms with Gasteiger partial charge in [0, 0.05) is 20.1 Å². The summed E-state index contributed by atoms with van der Waals surface area (Å²) in [6.45, 7) is 6.41. The third kappa shape index (κ3) is 4.22. The highest BCUT2D eigenvalue weighted by Crippen LogP contribution is 2.09. The Morgan fingerprint density at radius 3 is 2.37 bits per heavy atom. The van der Waals surface area contributed by atoms with E-state index in [1.807, 2.05) is 6.92 Å². The van der Waals surface area contributed by atoms with E-state index in [0.29, 0.717) is 5.92 Å². The third-order valence-corrected chi connectivity index (χ3v) is 3.12. The molecule has 0 aliphatic rings. The van der Waals surface area contributed by atoms with Crippen LogP contribution in [0.25, 0.3) is 0 Å². The molecule has 6 nitrogen and oxygen atoms in total. The average Bonchev–Trinajstić information content (AvgIpc) is 2.33. The van der Waals surface area contributed by atoms with E-state index >= 15 is 0 Å². The molecule has 0 fully saturated rings. The molecule has 0 saturated carbocycles. The maximum absolute atomic E-state index is 11.9. The second-order valence-corrected chi connectivity index (χ2v) is 5.49. The quantitative estimate of drug-likeness (QED) is 0.839. The van der Waals surface area contributed by atoms with E-state index < -0.39 is 5.69 Å². The molecule has 0 bridgehead atoms. The van der Waals surface area contributed by atoms with E-state index in [1.165, 1.54) is 25.2 Å². The fraction of sp³-hybridized carbons (Fsp3) is 0.769. The second kappa shape index (κ2) is 6.54. The van der Waals surface area contributed by atoms with Crippen LogP contribution < -0.4 is 16.6 Å². The van der Waals surface area contributed by atoms with Crippen LogP contribution in [-0.2, 0) is 14.1 Å². The zero-order chi connectivity index (χ0) is 14.6. The van der Waals surface area contributed by atoms with Crippen molar-refractivity contribution >= 4 is 5.82 Å². The summed E-state index contributed by atoms with van der Waals surface area (Å²) in [6.07, 6.45) is 3.26. The number of nitrogens with one attached hydrogen (secondary N) is 1. The first kappa shape index (κ1) is 15.5. The topological polar surface area (TPSA) is 68.9 Å². The Hall–Kier alpha value is -1.59. The van der Waals surface area contributed by atoms with Gasteiger partial charge in [0.25, 0.3) is 5.56 Å². The summed E-state index contributed by atoms with van der Waals surface area (Å²) in [5.74, 6) is 0.928. The van der Waals surface area contributed by atoms with Crippen molar-refractivity contribution in [3.05, 3.63) is 20.8 Å². The van der Waals surface area contributed by atoms with E-state index in [-0.39, 0.29) is 17.4 Å². The lowest BCUT2D eigenvalue weighted by Crippen LogP contribution is -2.40. The van der Waals surface area contributed by atoms with Crippen molar-refractivity contribution < 1.29 is 0 Å². The first-order valence-corrected chi connectivity index (χ1v) is 6.73. The predicted octanol–water partition coefficient (Wildman–Crippen LogP) is 1.11. The third-order valence-electron chi connectivity index (χ3n) is 3.12. The zero-order valence-electron chi connectivity index (χ0n) is 12.4. The minimum atomic E-state index is -0.414. The first-order chi connectivity index (χ1) is 8.82. The molecule has 0 amide bonds. The molecule has 1 heterocycles. The maximum Gasteiger partial charge on any atom is 0.346 e. The fourth-order valence-corrected chi connectivity index (χ4v) is 1.93. The van der Waals surface area contributed by atoms with Crippen LogP contribution in [0.4, 0.5) is 5.82 Å². The molecule has 108 valence electrons. The van der Waals surface area contributed by atoms with Gasteiger partial charge in [0.1, 0.15) is 0 Å². The Labute approximate surface area is 113 Å². The van der Waals surface area contributed by atoms with Crippen LogP contribution in [0.3, 0.4) is 0 Å². The van der Waals surface area contributed by atoms with Gasteiger partial charge in [-0.25, -0.2) is 9.48 Å². The molecule has 19 heavy (non-hydrogen) atoms. The Kier molecular flexibility index (Phi) is 5.32. The summed E-state index contributed by atoms with van der Waals surface area (Å²) >= 11 is 0. The van der Waals surface area contributed by atoms with Gasteiger partial charge in [-0.3, -0.25) is 9.36 Å². The molecule has 1 unspecified atom stereocenters. The number of aromatic nitrogens is 3. The van der Waals surface area contributed by atoms with Crippen LogP contribution in [0.15, 0.2) is 9.59 Å². The number of rotatable bonds is 6. The van der Waals surface area contributed by atoms with Crippen molar-refractivity contribution in [1.82, 2.24) is 14.3 Å². The van der Waals surface area contributed by atoms with Crippen LogP contribution in [0.5, 0.6) is 0 Å².